The number of morpholine rings is 1. The highest BCUT2D eigenvalue weighted by molar-refractivity contribution is 5.94. The number of nitrogens with zero attached hydrogens (tertiary/aromatic N) is 2. The van der Waals surface area contributed by atoms with Crippen LogP contribution in [0.25, 0.3) is 0 Å². The van der Waals surface area contributed by atoms with Crippen molar-refractivity contribution in [1.29, 1.82) is 0 Å². The third kappa shape index (κ3) is 4.30. The highest BCUT2D eigenvalue weighted by atomic mass is 16.5. The molecule has 0 radical (unpaired) electrons. The number of furan rings is 1. The predicted octanol–water partition coefficient (Wildman–Crippen LogP) is 2.95. The number of amides is 1. The zero-order valence-electron chi connectivity index (χ0n) is 15.1. The molecule has 1 aromatic heterocycles. The molecule has 0 unspecified atom stereocenters. The summed E-state index contributed by atoms with van der Waals surface area (Å²) in [5, 5.41) is 0. The third-order valence-corrected chi connectivity index (χ3v) is 4.87. The zero-order chi connectivity index (χ0) is 17.8. The van der Waals surface area contributed by atoms with Crippen molar-refractivity contribution >= 4 is 5.91 Å². The summed E-state index contributed by atoms with van der Waals surface area (Å²) in [5.74, 6) is 0.709. The van der Waals surface area contributed by atoms with Crippen LogP contribution in [0.3, 0.4) is 0 Å². The van der Waals surface area contributed by atoms with Crippen LogP contribution in [0.5, 0.6) is 0 Å². The quantitative estimate of drug-likeness (QED) is 0.838. The molecule has 0 spiro atoms. The van der Waals surface area contributed by atoms with Crippen LogP contribution in [0.2, 0.25) is 0 Å². The number of likely N-dealkylation sites (N-methyl/N-ethyl adjacent to an activating group) is 1. The molecule has 0 aliphatic carbocycles. The highest BCUT2D eigenvalue weighted by Gasteiger charge is 2.30. The molecular formula is C20H26N2O3. The maximum absolute atomic E-state index is 12.6. The number of carbonyl (C=O) groups excluding carboxylic acids is 1. The minimum absolute atomic E-state index is 0.000546. The molecule has 0 saturated carbocycles. The second kappa shape index (κ2) is 7.85. The molecule has 2 atom stereocenters. The molecule has 1 aliphatic heterocycles. The smallest absolute Gasteiger partial charge is 0.257 e. The van der Waals surface area contributed by atoms with E-state index in [1.807, 2.05) is 27.0 Å². The maximum Gasteiger partial charge on any atom is 0.257 e. The van der Waals surface area contributed by atoms with Gasteiger partial charge in [-0.2, -0.15) is 0 Å². The summed E-state index contributed by atoms with van der Waals surface area (Å²) in [7, 11) is 1.83. The first-order valence-corrected chi connectivity index (χ1v) is 8.75. The minimum Gasteiger partial charge on any atom is -0.469 e. The van der Waals surface area contributed by atoms with Gasteiger partial charge >= 0.3 is 0 Å². The van der Waals surface area contributed by atoms with Crippen molar-refractivity contribution in [2.45, 2.75) is 32.5 Å². The lowest BCUT2D eigenvalue weighted by Crippen LogP contribution is -2.52. The van der Waals surface area contributed by atoms with Gasteiger partial charge in [-0.25, -0.2) is 0 Å². The molecule has 25 heavy (non-hydrogen) atoms. The fraction of sp³-hybridized carbons (Fsp3) is 0.450. The van der Waals surface area contributed by atoms with E-state index in [-0.39, 0.29) is 18.1 Å². The van der Waals surface area contributed by atoms with Crippen LogP contribution >= 0.6 is 0 Å². The van der Waals surface area contributed by atoms with Crippen molar-refractivity contribution in [1.82, 2.24) is 9.80 Å². The van der Waals surface area contributed by atoms with E-state index in [1.165, 1.54) is 11.8 Å². The molecule has 1 fully saturated rings. The van der Waals surface area contributed by atoms with Crippen LogP contribution < -0.4 is 0 Å². The number of rotatable bonds is 5. The number of hydrogen-bond donors (Lipinski definition) is 0. The molecule has 3 rings (SSSR count). The van der Waals surface area contributed by atoms with E-state index in [1.54, 1.807) is 11.0 Å². The van der Waals surface area contributed by atoms with E-state index >= 15 is 0 Å². The summed E-state index contributed by atoms with van der Waals surface area (Å²) in [4.78, 5) is 16.8. The van der Waals surface area contributed by atoms with Gasteiger partial charge in [0.1, 0.15) is 12.0 Å². The van der Waals surface area contributed by atoms with E-state index in [0.29, 0.717) is 12.2 Å². The van der Waals surface area contributed by atoms with Gasteiger partial charge in [-0.05, 0) is 25.5 Å². The third-order valence-electron chi connectivity index (χ3n) is 4.87. The Bertz CT molecular complexity index is 698. The molecule has 134 valence electrons. The fourth-order valence-electron chi connectivity index (χ4n) is 3.20. The number of carbonyl (C=O) groups is 1. The average molecular weight is 342 g/mol. The molecule has 1 aliphatic rings. The molecule has 1 aromatic carbocycles. The number of ether oxygens (including phenoxy) is 1. The lowest BCUT2D eigenvalue weighted by atomic mass is 10.1. The van der Waals surface area contributed by atoms with Crippen LogP contribution in [0, 0.1) is 6.92 Å². The summed E-state index contributed by atoms with van der Waals surface area (Å²) in [6, 6.07) is 12.2. The summed E-state index contributed by atoms with van der Waals surface area (Å²) in [6.45, 7) is 7.21. The van der Waals surface area contributed by atoms with Gasteiger partial charge in [0, 0.05) is 26.7 Å². The van der Waals surface area contributed by atoms with Gasteiger partial charge in [-0.15, -0.1) is 0 Å². The van der Waals surface area contributed by atoms with Crippen molar-refractivity contribution in [3.63, 3.8) is 0 Å². The van der Waals surface area contributed by atoms with Gasteiger partial charge in [0.25, 0.3) is 5.91 Å². The zero-order valence-corrected chi connectivity index (χ0v) is 15.1. The molecule has 0 N–H and O–H groups in total. The largest absolute Gasteiger partial charge is 0.469 e. The Balaban J connectivity index is 1.61. The molecule has 0 bridgehead atoms. The van der Waals surface area contributed by atoms with E-state index in [4.69, 9.17) is 9.15 Å². The number of benzene rings is 1. The standard InChI is InChI=1S/C20H26N2O3/c1-15-11-18(14-25-15)20(23)21(3)16(2)19-13-22(9-10-24-19)12-17-7-5-4-6-8-17/h4-8,11,14,16,19H,9-10,12-13H2,1-3H3/t16-,19+/m0/s1. The monoisotopic (exact) mass is 342 g/mol. The fourth-order valence-corrected chi connectivity index (χ4v) is 3.20. The number of hydrogen-bond acceptors (Lipinski definition) is 4. The van der Waals surface area contributed by atoms with Gasteiger partial charge < -0.3 is 14.1 Å². The van der Waals surface area contributed by atoms with Crippen molar-refractivity contribution in [3.8, 4) is 0 Å². The van der Waals surface area contributed by atoms with Crippen LogP contribution in [0.4, 0.5) is 0 Å². The topological polar surface area (TPSA) is 45.9 Å². The van der Waals surface area contributed by atoms with E-state index in [0.717, 1.165) is 25.4 Å². The first-order chi connectivity index (χ1) is 12.0. The van der Waals surface area contributed by atoms with Gasteiger partial charge in [0.15, 0.2) is 0 Å². The molecular weight excluding hydrogens is 316 g/mol. The lowest BCUT2D eigenvalue weighted by molar-refractivity contribution is -0.0615. The predicted molar refractivity (Wildman–Crippen MR) is 96.5 cm³/mol. The Morgan fingerprint density at radius 2 is 2.12 bits per heavy atom. The molecule has 2 heterocycles. The number of aryl methyl sites for hydroxylation is 1. The van der Waals surface area contributed by atoms with E-state index in [9.17, 15) is 4.79 Å². The summed E-state index contributed by atoms with van der Waals surface area (Å²) in [6.07, 6.45) is 1.52. The first-order valence-electron chi connectivity index (χ1n) is 8.75. The van der Waals surface area contributed by atoms with Crippen molar-refractivity contribution < 1.29 is 13.9 Å². The second-order valence-electron chi connectivity index (χ2n) is 6.73. The molecule has 2 aromatic rings. The SMILES string of the molecule is Cc1cc(C(=O)N(C)[C@@H](C)[C@H]2CN(Cc3ccccc3)CCO2)co1. The van der Waals surface area contributed by atoms with Crippen molar-refractivity contribution in [2.24, 2.45) is 0 Å². The van der Waals surface area contributed by atoms with Gasteiger partial charge in [-0.1, -0.05) is 30.3 Å². The normalized spacial score (nSPS) is 19.6. The van der Waals surface area contributed by atoms with E-state index < -0.39 is 0 Å². The van der Waals surface area contributed by atoms with E-state index in [2.05, 4.69) is 29.2 Å². The highest BCUT2D eigenvalue weighted by Crippen LogP contribution is 2.18. The van der Waals surface area contributed by atoms with Crippen LogP contribution in [-0.2, 0) is 11.3 Å². The average Bonchev–Trinajstić information content (AvgIpc) is 3.07. The Kier molecular flexibility index (Phi) is 5.56. The Morgan fingerprint density at radius 1 is 1.36 bits per heavy atom. The van der Waals surface area contributed by atoms with Crippen LogP contribution in [0.15, 0.2) is 47.1 Å². The Morgan fingerprint density at radius 3 is 2.80 bits per heavy atom. The first kappa shape index (κ1) is 17.7. The summed E-state index contributed by atoms with van der Waals surface area (Å²) in [5.41, 5.74) is 1.89. The van der Waals surface area contributed by atoms with Crippen LogP contribution in [0.1, 0.15) is 28.6 Å². The van der Waals surface area contributed by atoms with Gasteiger partial charge in [0.05, 0.1) is 24.3 Å². The molecule has 5 nitrogen and oxygen atoms in total. The maximum atomic E-state index is 12.6. The Hall–Kier alpha value is -2.11. The van der Waals surface area contributed by atoms with Crippen LogP contribution in [-0.4, -0.2) is 54.6 Å². The summed E-state index contributed by atoms with van der Waals surface area (Å²) >= 11 is 0. The van der Waals surface area contributed by atoms with Gasteiger partial charge in [-0.3, -0.25) is 9.69 Å². The lowest BCUT2D eigenvalue weighted by Gasteiger charge is -2.39. The molecule has 1 amide bonds. The Labute approximate surface area is 149 Å². The van der Waals surface area contributed by atoms with Crippen molar-refractivity contribution in [2.75, 3.05) is 26.7 Å². The van der Waals surface area contributed by atoms with Crippen molar-refractivity contribution in [3.05, 3.63) is 59.5 Å². The molecule has 1 saturated heterocycles. The second-order valence-corrected chi connectivity index (χ2v) is 6.73. The summed E-state index contributed by atoms with van der Waals surface area (Å²) < 4.78 is 11.2. The molecule has 5 heteroatoms. The minimum atomic E-state index is -0.0341. The van der Waals surface area contributed by atoms with Gasteiger partial charge in [0.2, 0.25) is 0 Å².